The van der Waals surface area contributed by atoms with E-state index >= 15 is 0 Å². The predicted octanol–water partition coefficient (Wildman–Crippen LogP) is 2.76. The van der Waals surface area contributed by atoms with E-state index in [0.29, 0.717) is 0 Å². The van der Waals surface area contributed by atoms with Crippen molar-refractivity contribution in [3.63, 3.8) is 0 Å². The lowest BCUT2D eigenvalue weighted by Crippen LogP contribution is -2.72. The number of urea groups is 1. The van der Waals surface area contributed by atoms with E-state index in [1.165, 1.54) is 0 Å². The SMILES string of the molecule is C[C@H](NC(=O)N1C(=O)C[C@]1(Cc1ccccc1)C(=O)O)c1ccccc1. The summed E-state index contributed by atoms with van der Waals surface area (Å²) in [5, 5.41) is 12.5. The van der Waals surface area contributed by atoms with Gasteiger partial charge in [0, 0.05) is 6.42 Å². The lowest BCUT2D eigenvalue weighted by molar-refractivity contribution is -0.170. The lowest BCUT2D eigenvalue weighted by Gasteiger charge is -2.47. The van der Waals surface area contributed by atoms with Crippen LogP contribution < -0.4 is 5.32 Å². The van der Waals surface area contributed by atoms with Gasteiger partial charge in [-0.15, -0.1) is 0 Å². The summed E-state index contributed by atoms with van der Waals surface area (Å²) in [7, 11) is 0. The van der Waals surface area contributed by atoms with Crippen molar-refractivity contribution in [3.8, 4) is 0 Å². The smallest absolute Gasteiger partial charge is 0.331 e. The van der Waals surface area contributed by atoms with Gasteiger partial charge in [-0.2, -0.15) is 0 Å². The van der Waals surface area contributed by atoms with Crippen molar-refractivity contribution in [3.05, 3.63) is 71.8 Å². The summed E-state index contributed by atoms with van der Waals surface area (Å²) in [5.74, 6) is -1.66. The van der Waals surface area contributed by atoms with Crippen LogP contribution in [0.25, 0.3) is 0 Å². The van der Waals surface area contributed by atoms with Gasteiger partial charge >= 0.3 is 12.0 Å². The molecule has 1 aliphatic heterocycles. The molecule has 0 aliphatic carbocycles. The second-order valence-electron chi connectivity index (χ2n) is 6.49. The van der Waals surface area contributed by atoms with Gasteiger partial charge in [-0.25, -0.2) is 14.5 Å². The number of benzene rings is 2. The summed E-state index contributed by atoms with van der Waals surface area (Å²) in [6.07, 6.45) is -0.105. The Morgan fingerprint density at radius 1 is 1.12 bits per heavy atom. The van der Waals surface area contributed by atoms with Crippen molar-refractivity contribution >= 4 is 17.9 Å². The normalized spacial score (nSPS) is 20.2. The summed E-state index contributed by atoms with van der Waals surface area (Å²) in [4.78, 5) is 37.6. The second-order valence-corrected chi connectivity index (χ2v) is 6.49. The number of carboxylic acids is 1. The van der Waals surface area contributed by atoms with Gasteiger partial charge in [-0.3, -0.25) is 4.79 Å². The van der Waals surface area contributed by atoms with E-state index in [9.17, 15) is 19.5 Å². The third-order valence-corrected chi connectivity index (χ3v) is 4.70. The molecule has 2 aromatic carbocycles. The highest BCUT2D eigenvalue weighted by molar-refractivity contribution is 6.08. The molecule has 0 bridgehead atoms. The number of rotatable bonds is 5. The molecule has 2 atom stereocenters. The number of hydrogen-bond donors (Lipinski definition) is 2. The zero-order chi connectivity index (χ0) is 18.7. The van der Waals surface area contributed by atoms with Crippen LogP contribution in [-0.4, -0.2) is 33.5 Å². The fourth-order valence-electron chi connectivity index (χ4n) is 3.26. The first-order chi connectivity index (χ1) is 12.4. The van der Waals surface area contributed by atoms with E-state index in [1.54, 1.807) is 31.2 Å². The highest BCUT2D eigenvalue weighted by atomic mass is 16.4. The van der Waals surface area contributed by atoms with Crippen LogP contribution in [0.15, 0.2) is 60.7 Å². The Morgan fingerprint density at radius 2 is 1.69 bits per heavy atom. The molecule has 0 spiro atoms. The summed E-state index contributed by atoms with van der Waals surface area (Å²) >= 11 is 0. The van der Waals surface area contributed by atoms with Crippen LogP contribution in [0.3, 0.4) is 0 Å². The van der Waals surface area contributed by atoms with Crippen LogP contribution in [0.4, 0.5) is 4.79 Å². The molecule has 0 radical (unpaired) electrons. The van der Waals surface area contributed by atoms with Gasteiger partial charge in [0.25, 0.3) is 0 Å². The van der Waals surface area contributed by atoms with Crippen LogP contribution in [-0.2, 0) is 16.0 Å². The zero-order valence-corrected chi connectivity index (χ0v) is 14.4. The molecule has 3 amide bonds. The summed E-state index contributed by atoms with van der Waals surface area (Å²) in [6, 6.07) is 17.3. The number of carbonyl (C=O) groups is 3. The lowest BCUT2D eigenvalue weighted by atomic mass is 9.78. The topological polar surface area (TPSA) is 86.7 Å². The minimum absolute atomic E-state index is 0.0854. The maximum atomic E-state index is 12.7. The standard InChI is InChI=1S/C20H20N2O4/c1-14(16-10-6-3-7-11-16)21-19(26)22-17(23)13-20(22,18(24)25)12-15-8-4-2-5-9-15/h2-11,14H,12-13H2,1H3,(H,21,26)(H,24,25)/t14-,20+/m0/s1. The molecule has 0 saturated carbocycles. The molecule has 2 aromatic rings. The van der Waals surface area contributed by atoms with Gasteiger partial charge in [0.1, 0.15) is 0 Å². The molecule has 1 aliphatic rings. The van der Waals surface area contributed by atoms with Gasteiger partial charge in [0.2, 0.25) is 5.91 Å². The maximum absolute atomic E-state index is 12.7. The Hall–Kier alpha value is -3.15. The van der Waals surface area contributed by atoms with E-state index in [-0.39, 0.29) is 18.9 Å². The first-order valence-corrected chi connectivity index (χ1v) is 8.40. The Kier molecular flexibility index (Phi) is 4.75. The molecule has 1 saturated heterocycles. The van der Waals surface area contributed by atoms with E-state index in [2.05, 4.69) is 5.32 Å². The van der Waals surface area contributed by atoms with Crippen molar-refractivity contribution < 1.29 is 19.5 Å². The third-order valence-electron chi connectivity index (χ3n) is 4.70. The molecule has 6 nitrogen and oxygen atoms in total. The van der Waals surface area contributed by atoms with Crippen molar-refractivity contribution in [1.29, 1.82) is 0 Å². The number of β-lactam (4-membered cyclic amide) rings is 1. The number of amides is 3. The van der Waals surface area contributed by atoms with E-state index in [4.69, 9.17) is 0 Å². The maximum Gasteiger partial charge on any atom is 0.331 e. The number of imide groups is 1. The highest BCUT2D eigenvalue weighted by Gasteiger charge is 2.60. The molecule has 134 valence electrons. The van der Waals surface area contributed by atoms with E-state index in [0.717, 1.165) is 16.0 Å². The molecule has 6 heteroatoms. The molecule has 1 fully saturated rings. The van der Waals surface area contributed by atoms with E-state index in [1.807, 2.05) is 36.4 Å². The minimum atomic E-state index is -1.54. The molecule has 0 aromatic heterocycles. The number of carboxylic acid groups (broad SMARTS) is 1. The Labute approximate surface area is 151 Å². The van der Waals surface area contributed by atoms with Gasteiger partial charge in [0.15, 0.2) is 5.54 Å². The molecule has 26 heavy (non-hydrogen) atoms. The molecule has 3 rings (SSSR count). The zero-order valence-electron chi connectivity index (χ0n) is 14.4. The number of nitrogens with zero attached hydrogens (tertiary/aromatic N) is 1. The van der Waals surface area contributed by atoms with Crippen LogP contribution in [0, 0.1) is 0 Å². The summed E-state index contributed by atoms with van der Waals surface area (Å²) in [5.41, 5.74) is 0.0907. The second kappa shape index (κ2) is 7.00. The number of carbonyl (C=O) groups excluding carboxylic acids is 2. The monoisotopic (exact) mass is 352 g/mol. The number of likely N-dealkylation sites (tertiary alicyclic amines) is 1. The van der Waals surface area contributed by atoms with Crippen molar-refractivity contribution in [2.45, 2.75) is 31.3 Å². The highest BCUT2D eigenvalue weighted by Crippen LogP contribution is 2.36. The van der Waals surface area contributed by atoms with Crippen LogP contribution >= 0.6 is 0 Å². The summed E-state index contributed by atoms with van der Waals surface area (Å²) in [6.45, 7) is 1.79. The van der Waals surface area contributed by atoms with Crippen LogP contribution in [0.1, 0.15) is 30.5 Å². The van der Waals surface area contributed by atoms with Crippen molar-refractivity contribution in [2.24, 2.45) is 0 Å². The van der Waals surface area contributed by atoms with Crippen LogP contribution in [0.5, 0.6) is 0 Å². The Morgan fingerprint density at radius 3 is 2.23 bits per heavy atom. The first kappa shape index (κ1) is 17.7. The van der Waals surface area contributed by atoms with Crippen LogP contribution in [0.2, 0.25) is 0 Å². The fourth-order valence-corrected chi connectivity index (χ4v) is 3.26. The molecular formula is C20H20N2O4. The summed E-state index contributed by atoms with van der Waals surface area (Å²) < 4.78 is 0. The molecule has 2 N–H and O–H groups in total. The van der Waals surface area contributed by atoms with E-state index < -0.39 is 23.4 Å². The molecule has 1 heterocycles. The first-order valence-electron chi connectivity index (χ1n) is 8.40. The number of hydrogen-bond acceptors (Lipinski definition) is 3. The average molecular weight is 352 g/mol. The molecular weight excluding hydrogens is 332 g/mol. The predicted molar refractivity (Wildman–Crippen MR) is 95.4 cm³/mol. The minimum Gasteiger partial charge on any atom is -0.479 e. The Balaban J connectivity index is 1.80. The Bertz CT molecular complexity index is 822. The fraction of sp³-hybridized carbons (Fsp3) is 0.250. The van der Waals surface area contributed by atoms with Crippen molar-refractivity contribution in [1.82, 2.24) is 10.2 Å². The van der Waals surface area contributed by atoms with Gasteiger partial charge in [0.05, 0.1) is 12.5 Å². The molecule has 0 unspecified atom stereocenters. The average Bonchev–Trinajstić information content (AvgIpc) is 2.62. The number of aliphatic carboxylic acids is 1. The van der Waals surface area contributed by atoms with Crippen molar-refractivity contribution in [2.75, 3.05) is 0 Å². The van der Waals surface area contributed by atoms with Gasteiger partial charge < -0.3 is 10.4 Å². The third kappa shape index (κ3) is 3.18. The van der Waals surface area contributed by atoms with Gasteiger partial charge in [-0.1, -0.05) is 60.7 Å². The number of nitrogens with one attached hydrogen (secondary N) is 1. The van der Waals surface area contributed by atoms with Gasteiger partial charge in [-0.05, 0) is 18.1 Å². The largest absolute Gasteiger partial charge is 0.479 e. The quantitative estimate of drug-likeness (QED) is 0.810.